The maximum atomic E-state index is 12.2. The molecule has 1 fully saturated rings. The highest BCUT2D eigenvalue weighted by Crippen LogP contribution is 2.30. The minimum absolute atomic E-state index is 0.0924. The molecule has 1 aliphatic rings. The fraction of sp³-hybridized carbons (Fsp3) is 0.235. The van der Waals surface area contributed by atoms with Crippen molar-refractivity contribution in [1.82, 2.24) is 0 Å². The number of nitrogens with one attached hydrogen (secondary N) is 1. The predicted octanol–water partition coefficient (Wildman–Crippen LogP) is 4.30. The summed E-state index contributed by atoms with van der Waals surface area (Å²) >= 11 is 3.55. The molecular formula is C17H17BrN2O. The zero-order chi connectivity index (χ0) is 14.7. The van der Waals surface area contributed by atoms with Crippen LogP contribution in [0.15, 0.2) is 53.0 Å². The van der Waals surface area contributed by atoms with E-state index in [1.54, 1.807) is 0 Å². The Morgan fingerprint density at radius 2 is 1.76 bits per heavy atom. The number of amides is 1. The molecule has 108 valence electrons. The first kappa shape index (κ1) is 14.1. The lowest BCUT2D eigenvalue weighted by atomic mass is 10.2. The number of rotatable bonds is 3. The number of hydrogen-bond acceptors (Lipinski definition) is 2. The zero-order valence-electron chi connectivity index (χ0n) is 11.7. The quantitative estimate of drug-likeness (QED) is 0.900. The van der Waals surface area contributed by atoms with Gasteiger partial charge in [-0.25, -0.2) is 0 Å². The van der Waals surface area contributed by atoms with Crippen LogP contribution in [0.3, 0.4) is 0 Å². The van der Waals surface area contributed by atoms with E-state index in [9.17, 15) is 4.79 Å². The average Bonchev–Trinajstić information content (AvgIpc) is 3.04. The molecule has 0 atom stereocenters. The van der Waals surface area contributed by atoms with Crippen LogP contribution in [0.25, 0.3) is 0 Å². The summed E-state index contributed by atoms with van der Waals surface area (Å²) in [5.41, 5.74) is 2.66. The van der Waals surface area contributed by atoms with E-state index in [2.05, 4.69) is 38.3 Å². The molecule has 0 radical (unpaired) electrons. The lowest BCUT2D eigenvalue weighted by molar-refractivity contribution is 0.102. The Bertz CT molecular complexity index is 636. The highest BCUT2D eigenvalue weighted by atomic mass is 79.9. The van der Waals surface area contributed by atoms with Gasteiger partial charge in [0, 0.05) is 28.8 Å². The third-order valence-corrected chi connectivity index (χ3v) is 4.36. The van der Waals surface area contributed by atoms with E-state index in [1.807, 2.05) is 36.4 Å². The summed E-state index contributed by atoms with van der Waals surface area (Å²) in [6, 6.07) is 15.3. The van der Waals surface area contributed by atoms with Gasteiger partial charge in [-0.05, 0) is 59.1 Å². The SMILES string of the molecule is O=C(Nc1ccc(N2CCCC2)cc1Br)c1ccccc1. The Hall–Kier alpha value is -1.81. The molecule has 1 heterocycles. The largest absolute Gasteiger partial charge is 0.372 e. The summed E-state index contributed by atoms with van der Waals surface area (Å²) < 4.78 is 0.913. The molecule has 3 nitrogen and oxygen atoms in total. The second-order valence-corrected chi connectivity index (χ2v) is 6.03. The second-order valence-electron chi connectivity index (χ2n) is 5.18. The smallest absolute Gasteiger partial charge is 0.255 e. The van der Waals surface area contributed by atoms with Crippen LogP contribution in [0, 0.1) is 0 Å². The van der Waals surface area contributed by atoms with Gasteiger partial charge >= 0.3 is 0 Å². The van der Waals surface area contributed by atoms with Gasteiger partial charge in [0.2, 0.25) is 0 Å². The van der Waals surface area contributed by atoms with Crippen molar-refractivity contribution in [2.24, 2.45) is 0 Å². The fourth-order valence-corrected chi connectivity index (χ4v) is 3.03. The van der Waals surface area contributed by atoms with Crippen molar-refractivity contribution in [2.75, 3.05) is 23.3 Å². The molecule has 1 amide bonds. The van der Waals surface area contributed by atoms with E-state index in [-0.39, 0.29) is 5.91 Å². The van der Waals surface area contributed by atoms with Gasteiger partial charge in [-0.1, -0.05) is 18.2 Å². The Labute approximate surface area is 133 Å². The monoisotopic (exact) mass is 344 g/mol. The first-order chi connectivity index (χ1) is 10.2. The van der Waals surface area contributed by atoms with Gasteiger partial charge in [0.1, 0.15) is 0 Å². The molecule has 3 rings (SSSR count). The Morgan fingerprint density at radius 3 is 2.43 bits per heavy atom. The molecule has 0 aromatic heterocycles. The van der Waals surface area contributed by atoms with Crippen molar-refractivity contribution in [2.45, 2.75) is 12.8 Å². The minimum atomic E-state index is -0.0924. The summed E-state index contributed by atoms with van der Waals surface area (Å²) in [5.74, 6) is -0.0924. The lowest BCUT2D eigenvalue weighted by Gasteiger charge is -2.19. The fourth-order valence-electron chi connectivity index (χ4n) is 2.56. The van der Waals surface area contributed by atoms with Crippen LogP contribution in [-0.2, 0) is 0 Å². The zero-order valence-corrected chi connectivity index (χ0v) is 13.3. The maximum absolute atomic E-state index is 12.2. The first-order valence-corrected chi connectivity index (χ1v) is 7.94. The van der Waals surface area contributed by atoms with E-state index < -0.39 is 0 Å². The minimum Gasteiger partial charge on any atom is -0.372 e. The molecule has 1 N–H and O–H groups in total. The standard InChI is InChI=1S/C17H17BrN2O/c18-15-12-14(20-10-4-5-11-20)8-9-16(15)19-17(21)13-6-2-1-3-7-13/h1-3,6-9,12H,4-5,10-11H2,(H,19,21). The molecule has 0 aliphatic carbocycles. The molecule has 0 spiro atoms. The molecular weight excluding hydrogens is 328 g/mol. The van der Waals surface area contributed by atoms with Crippen molar-refractivity contribution >= 4 is 33.2 Å². The van der Waals surface area contributed by atoms with Crippen molar-refractivity contribution in [1.29, 1.82) is 0 Å². The molecule has 0 saturated carbocycles. The van der Waals surface area contributed by atoms with Crippen LogP contribution in [0.1, 0.15) is 23.2 Å². The Morgan fingerprint density at radius 1 is 1.05 bits per heavy atom. The molecule has 4 heteroatoms. The number of carbonyl (C=O) groups is 1. The van der Waals surface area contributed by atoms with E-state index in [1.165, 1.54) is 18.5 Å². The summed E-state index contributed by atoms with van der Waals surface area (Å²) in [6.45, 7) is 2.23. The summed E-state index contributed by atoms with van der Waals surface area (Å²) in [4.78, 5) is 14.5. The number of carbonyl (C=O) groups excluding carboxylic acids is 1. The van der Waals surface area contributed by atoms with Crippen LogP contribution in [0.2, 0.25) is 0 Å². The second kappa shape index (κ2) is 6.31. The van der Waals surface area contributed by atoms with Gasteiger partial charge in [-0.15, -0.1) is 0 Å². The molecule has 1 aliphatic heterocycles. The third kappa shape index (κ3) is 3.27. The number of nitrogens with zero attached hydrogens (tertiary/aromatic N) is 1. The normalized spacial score (nSPS) is 14.2. The molecule has 21 heavy (non-hydrogen) atoms. The van der Waals surface area contributed by atoms with Gasteiger partial charge in [0.15, 0.2) is 0 Å². The van der Waals surface area contributed by atoms with Gasteiger partial charge in [-0.2, -0.15) is 0 Å². The van der Waals surface area contributed by atoms with E-state index in [0.29, 0.717) is 5.56 Å². The number of hydrogen-bond donors (Lipinski definition) is 1. The number of benzene rings is 2. The van der Waals surface area contributed by atoms with Crippen LogP contribution in [0.4, 0.5) is 11.4 Å². The van der Waals surface area contributed by atoms with E-state index >= 15 is 0 Å². The third-order valence-electron chi connectivity index (χ3n) is 3.71. The number of halogens is 1. The van der Waals surface area contributed by atoms with E-state index in [0.717, 1.165) is 23.2 Å². The van der Waals surface area contributed by atoms with Crippen molar-refractivity contribution < 1.29 is 4.79 Å². The number of anilines is 2. The van der Waals surface area contributed by atoms with Crippen LogP contribution < -0.4 is 10.2 Å². The van der Waals surface area contributed by atoms with Crippen molar-refractivity contribution in [3.63, 3.8) is 0 Å². The highest BCUT2D eigenvalue weighted by molar-refractivity contribution is 9.10. The van der Waals surface area contributed by atoms with Gasteiger partial charge in [-0.3, -0.25) is 4.79 Å². The molecule has 1 saturated heterocycles. The highest BCUT2D eigenvalue weighted by Gasteiger charge is 2.14. The summed E-state index contributed by atoms with van der Waals surface area (Å²) in [5, 5.41) is 2.94. The Kier molecular flexibility index (Phi) is 4.25. The average molecular weight is 345 g/mol. The summed E-state index contributed by atoms with van der Waals surface area (Å²) in [6.07, 6.45) is 2.51. The maximum Gasteiger partial charge on any atom is 0.255 e. The summed E-state index contributed by atoms with van der Waals surface area (Å²) in [7, 11) is 0. The topological polar surface area (TPSA) is 32.3 Å². The van der Waals surface area contributed by atoms with Gasteiger partial charge in [0.25, 0.3) is 5.91 Å². The van der Waals surface area contributed by atoms with Crippen LogP contribution >= 0.6 is 15.9 Å². The van der Waals surface area contributed by atoms with Gasteiger partial charge < -0.3 is 10.2 Å². The lowest BCUT2D eigenvalue weighted by Crippen LogP contribution is -2.18. The van der Waals surface area contributed by atoms with Gasteiger partial charge in [0.05, 0.1) is 5.69 Å². The molecule has 0 unspecified atom stereocenters. The van der Waals surface area contributed by atoms with Crippen molar-refractivity contribution in [3.8, 4) is 0 Å². The van der Waals surface area contributed by atoms with Crippen LogP contribution in [0.5, 0.6) is 0 Å². The predicted molar refractivity (Wildman–Crippen MR) is 90.0 cm³/mol. The Balaban J connectivity index is 1.75. The molecule has 0 bridgehead atoms. The molecule has 2 aromatic carbocycles. The van der Waals surface area contributed by atoms with Crippen LogP contribution in [-0.4, -0.2) is 19.0 Å². The van der Waals surface area contributed by atoms with Crippen molar-refractivity contribution in [3.05, 3.63) is 58.6 Å². The van der Waals surface area contributed by atoms with E-state index in [4.69, 9.17) is 0 Å². The first-order valence-electron chi connectivity index (χ1n) is 7.15. The molecule has 2 aromatic rings.